The van der Waals surface area contributed by atoms with Crippen LogP contribution in [0, 0.1) is 0 Å². The first kappa shape index (κ1) is 15.6. The minimum atomic E-state index is -3.52. The van der Waals surface area contributed by atoms with E-state index in [2.05, 4.69) is 19.9 Å². The van der Waals surface area contributed by atoms with Crippen molar-refractivity contribution in [2.24, 2.45) is 0 Å². The number of nitrogens with zero attached hydrogens (tertiary/aromatic N) is 2. The Bertz CT molecular complexity index is 651. The van der Waals surface area contributed by atoms with Crippen molar-refractivity contribution in [2.75, 3.05) is 6.54 Å². The molecule has 1 atom stereocenters. The number of rotatable bonds is 7. The Balaban J connectivity index is 1.89. The van der Waals surface area contributed by atoms with Crippen molar-refractivity contribution >= 4 is 10.0 Å². The zero-order chi connectivity index (χ0) is 15.3. The summed E-state index contributed by atoms with van der Waals surface area (Å²) in [5, 5.41) is 15.8. The van der Waals surface area contributed by atoms with Crippen molar-refractivity contribution in [3.8, 4) is 0 Å². The number of benzene rings is 1. The van der Waals surface area contributed by atoms with E-state index in [1.165, 1.54) is 18.5 Å². The predicted molar refractivity (Wildman–Crippen MR) is 77.0 cm³/mol. The molecule has 1 aromatic carbocycles. The number of H-pyrrole nitrogens is 1. The number of aromatic nitrogens is 3. The summed E-state index contributed by atoms with van der Waals surface area (Å²) >= 11 is 0. The summed E-state index contributed by atoms with van der Waals surface area (Å²) in [7, 11) is -3.52. The summed E-state index contributed by atoms with van der Waals surface area (Å²) in [6, 6.07) is 6.18. The molecule has 2 rings (SSSR count). The van der Waals surface area contributed by atoms with Crippen molar-refractivity contribution in [2.45, 2.75) is 30.8 Å². The van der Waals surface area contributed by atoms with Gasteiger partial charge in [0.2, 0.25) is 10.0 Å². The third-order valence-electron chi connectivity index (χ3n) is 3.02. The number of aromatic amines is 1. The molecule has 0 fully saturated rings. The molecule has 8 heteroatoms. The van der Waals surface area contributed by atoms with Crippen LogP contribution < -0.4 is 4.72 Å². The first-order chi connectivity index (χ1) is 9.99. The van der Waals surface area contributed by atoms with E-state index in [9.17, 15) is 13.5 Å². The van der Waals surface area contributed by atoms with E-state index in [-0.39, 0.29) is 4.90 Å². The third-order valence-corrected chi connectivity index (χ3v) is 4.50. The molecule has 1 heterocycles. The normalized spacial score (nSPS) is 13.2. The van der Waals surface area contributed by atoms with Crippen molar-refractivity contribution < 1.29 is 13.5 Å². The van der Waals surface area contributed by atoms with Gasteiger partial charge in [0, 0.05) is 13.0 Å². The van der Waals surface area contributed by atoms with Crippen LogP contribution in [0.3, 0.4) is 0 Å². The fourth-order valence-corrected chi connectivity index (χ4v) is 2.90. The first-order valence-corrected chi connectivity index (χ1v) is 8.09. The third kappa shape index (κ3) is 4.35. The highest BCUT2D eigenvalue weighted by atomic mass is 32.2. The molecule has 0 aliphatic carbocycles. The average Bonchev–Trinajstić information content (AvgIpc) is 2.97. The molecule has 1 unspecified atom stereocenters. The van der Waals surface area contributed by atoms with Gasteiger partial charge in [0.15, 0.2) is 0 Å². The number of hydrogen-bond donors (Lipinski definition) is 3. The molecule has 2 aromatic rings. The van der Waals surface area contributed by atoms with E-state index in [1.807, 2.05) is 0 Å². The minimum absolute atomic E-state index is 0.187. The number of aliphatic hydroxyl groups is 1. The fourth-order valence-electron chi connectivity index (χ4n) is 1.82. The molecule has 7 nitrogen and oxygen atoms in total. The molecular formula is C13H18N4O3S. The van der Waals surface area contributed by atoms with Gasteiger partial charge in [-0.1, -0.05) is 12.1 Å². The van der Waals surface area contributed by atoms with Crippen LogP contribution in [0.15, 0.2) is 35.5 Å². The molecule has 0 saturated carbocycles. The largest absolute Gasteiger partial charge is 0.389 e. The lowest BCUT2D eigenvalue weighted by Gasteiger charge is -2.08. The van der Waals surface area contributed by atoms with E-state index in [0.29, 0.717) is 24.9 Å². The lowest BCUT2D eigenvalue weighted by atomic mass is 10.1. The van der Waals surface area contributed by atoms with Gasteiger partial charge in [-0.3, -0.25) is 5.10 Å². The number of aliphatic hydroxyl groups excluding tert-OH is 1. The summed E-state index contributed by atoms with van der Waals surface area (Å²) < 4.78 is 26.7. The molecule has 3 N–H and O–H groups in total. The van der Waals surface area contributed by atoms with Gasteiger partial charge < -0.3 is 5.11 Å². The van der Waals surface area contributed by atoms with Gasteiger partial charge >= 0.3 is 0 Å². The molecule has 0 bridgehead atoms. The first-order valence-electron chi connectivity index (χ1n) is 6.61. The molecule has 114 valence electrons. The Hall–Kier alpha value is -1.77. The SMILES string of the molecule is CC(O)c1ccc(S(=O)(=O)NCCCc2ncn[nH]2)cc1. The van der Waals surface area contributed by atoms with Gasteiger partial charge in [-0.2, -0.15) is 5.10 Å². The van der Waals surface area contributed by atoms with E-state index < -0.39 is 16.1 Å². The summed E-state index contributed by atoms with van der Waals surface area (Å²) in [5.74, 6) is 0.732. The van der Waals surface area contributed by atoms with Gasteiger partial charge in [-0.15, -0.1) is 0 Å². The van der Waals surface area contributed by atoms with Crippen LogP contribution >= 0.6 is 0 Å². The average molecular weight is 310 g/mol. The summed E-state index contributed by atoms with van der Waals surface area (Å²) in [6.45, 7) is 1.95. The highest BCUT2D eigenvalue weighted by Crippen LogP contribution is 2.15. The Labute approximate surface area is 123 Å². The van der Waals surface area contributed by atoms with Crippen LogP contribution in [0.25, 0.3) is 0 Å². The van der Waals surface area contributed by atoms with Crippen LogP contribution in [0.5, 0.6) is 0 Å². The summed E-state index contributed by atoms with van der Waals surface area (Å²) in [5.41, 5.74) is 0.680. The molecule has 0 aliphatic rings. The van der Waals surface area contributed by atoms with Crippen LogP contribution in [-0.2, 0) is 16.4 Å². The number of nitrogens with one attached hydrogen (secondary N) is 2. The maximum atomic E-state index is 12.1. The fraction of sp³-hybridized carbons (Fsp3) is 0.385. The monoisotopic (exact) mass is 310 g/mol. The van der Waals surface area contributed by atoms with Crippen molar-refractivity contribution in [3.63, 3.8) is 0 Å². The van der Waals surface area contributed by atoms with Crippen molar-refractivity contribution in [1.82, 2.24) is 19.9 Å². The second-order valence-electron chi connectivity index (χ2n) is 4.68. The van der Waals surface area contributed by atoms with Crippen molar-refractivity contribution in [1.29, 1.82) is 0 Å². The Morgan fingerprint density at radius 1 is 1.33 bits per heavy atom. The molecule has 21 heavy (non-hydrogen) atoms. The second kappa shape index (κ2) is 6.79. The maximum Gasteiger partial charge on any atom is 0.240 e. The standard InChI is InChI=1S/C13H18N4O3S/c1-10(18)11-4-6-12(7-5-11)21(19,20)16-8-2-3-13-14-9-15-17-13/h4-7,9-10,16,18H,2-3,8H2,1H3,(H,14,15,17). The predicted octanol–water partition coefficient (Wildman–Crippen LogP) is 0.769. The second-order valence-corrected chi connectivity index (χ2v) is 6.45. The van der Waals surface area contributed by atoms with Crippen LogP contribution in [0.2, 0.25) is 0 Å². The van der Waals surface area contributed by atoms with E-state index in [1.54, 1.807) is 19.1 Å². The molecule has 1 aromatic heterocycles. The topological polar surface area (TPSA) is 108 Å². The van der Waals surface area contributed by atoms with Gasteiger partial charge in [-0.05, 0) is 31.0 Å². The lowest BCUT2D eigenvalue weighted by Crippen LogP contribution is -2.25. The number of sulfonamides is 1. The Morgan fingerprint density at radius 2 is 2.05 bits per heavy atom. The number of hydrogen-bond acceptors (Lipinski definition) is 5. The van der Waals surface area contributed by atoms with Crippen LogP contribution in [-0.4, -0.2) is 35.3 Å². The van der Waals surface area contributed by atoms with E-state index >= 15 is 0 Å². The molecule has 0 aliphatic heterocycles. The zero-order valence-electron chi connectivity index (χ0n) is 11.7. The Kier molecular flexibility index (Phi) is 5.05. The molecule has 0 radical (unpaired) electrons. The molecular weight excluding hydrogens is 292 g/mol. The van der Waals surface area contributed by atoms with Gasteiger partial charge in [-0.25, -0.2) is 18.1 Å². The minimum Gasteiger partial charge on any atom is -0.389 e. The molecule has 0 amide bonds. The Morgan fingerprint density at radius 3 is 2.62 bits per heavy atom. The van der Waals surface area contributed by atoms with Gasteiger partial charge in [0.05, 0.1) is 11.0 Å². The lowest BCUT2D eigenvalue weighted by molar-refractivity contribution is 0.199. The van der Waals surface area contributed by atoms with Gasteiger partial charge in [0.25, 0.3) is 0 Å². The molecule has 0 saturated heterocycles. The zero-order valence-corrected chi connectivity index (χ0v) is 12.5. The molecule has 0 spiro atoms. The highest BCUT2D eigenvalue weighted by Gasteiger charge is 2.13. The quantitative estimate of drug-likeness (QED) is 0.655. The van der Waals surface area contributed by atoms with Gasteiger partial charge in [0.1, 0.15) is 12.2 Å². The summed E-state index contributed by atoms with van der Waals surface area (Å²) in [4.78, 5) is 4.15. The maximum absolute atomic E-state index is 12.1. The van der Waals surface area contributed by atoms with E-state index in [0.717, 1.165) is 5.82 Å². The highest BCUT2D eigenvalue weighted by molar-refractivity contribution is 7.89. The number of aryl methyl sites for hydroxylation is 1. The van der Waals surface area contributed by atoms with Crippen LogP contribution in [0.4, 0.5) is 0 Å². The van der Waals surface area contributed by atoms with Crippen molar-refractivity contribution in [3.05, 3.63) is 42.0 Å². The smallest absolute Gasteiger partial charge is 0.240 e. The van der Waals surface area contributed by atoms with Crippen LogP contribution in [0.1, 0.15) is 30.8 Å². The van der Waals surface area contributed by atoms with E-state index in [4.69, 9.17) is 0 Å². The summed E-state index contributed by atoms with van der Waals surface area (Å²) in [6.07, 6.45) is 2.06.